The first-order valence-corrected chi connectivity index (χ1v) is 8.13. The van der Waals surface area contributed by atoms with Crippen LogP contribution in [-0.4, -0.2) is 30.9 Å². The van der Waals surface area contributed by atoms with E-state index in [9.17, 15) is 0 Å². The van der Waals surface area contributed by atoms with Crippen LogP contribution in [0.2, 0.25) is 0 Å². The van der Waals surface area contributed by atoms with Crippen molar-refractivity contribution in [2.24, 2.45) is 0 Å². The van der Waals surface area contributed by atoms with Crippen LogP contribution in [-0.2, 0) is 6.42 Å². The van der Waals surface area contributed by atoms with Crippen LogP contribution in [0.15, 0.2) is 30.3 Å². The molecular formula is C18H23N3O2S. The summed E-state index contributed by atoms with van der Waals surface area (Å²) in [6.07, 6.45) is 0.822. The van der Waals surface area contributed by atoms with E-state index in [1.807, 2.05) is 44.2 Å². The molecule has 0 saturated heterocycles. The van der Waals surface area contributed by atoms with Gasteiger partial charge >= 0.3 is 0 Å². The number of nitrogens with one attached hydrogen (secondary N) is 2. The van der Waals surface area contributed by atoms with Gasteiger partial charge in [-0.05, 0) is 67.9 Å². The van der Waals surface area contributed by atoms with Crippen LogP contribution in [0.5, 0.6) is 11.5 Å². The summed E-state index contributed by atoms with van der Waals surface area (Å²) in [4.78, 5) is 4.41. The summed E-state index contributed by atoms with van der Waals surface area (Å²) >= 11 is 5.32. The van der Waals surface area contributed by atoms with Crippen LogP contribution >= 0.6 is 12.2 Å². The molecule has 0 aliphatic carbocycles. The fourth-order valence-electron chi connectivity index (χ4n) is 2.42. The first-order chi connectivity index (χ1) is 11.5. The molecule has 1 aromatic carbocycles. The number of aromatic nitrogens is 1. The van der Waals surface area contributed by atoms with Gasteiger partial charge in [-0.25, -0.2) is 4.98 Å². The zero-order chi connectivity index (χ0) is 17.5. The number of benzene rings is 1. The lowest BCUT2D eigenvalue weighted by molar-refractivity contribution is 0.354. The predicted molar refractivity (Wildman–Crippen MR) is 101 cm³/mol. The van der Waals surface area contributed by atoms with Gasteiger partial charge in [0.05, 0.1) is 14.2 Å². The molecule has 0 spiro atoms. The van der Waals surface area contributed by atoms with Crippen LogP contribution in [0, 0.1) is 13.8 Å². The number of ether oxygens (including phenoxy) is 2. The Kier molecular flexibility index (Phi) is 6.37. The predicted octanol–water partition coefficient (Wildman–Crippen LogP) is 3.24. The maximum Gasteiger partial charge on any atom is 0.171 e. The zero-order valence-corrected chi connectivity index (χ0v) is 15.3. The van der Waals surface area contributed by atoms with Crippen molar-refractivity contribution in [3.63, 3.8) is 0 Å². The highest BCUT2D eigenvalue weighted by Crippen LogP contribution is 2.27. The molecule has 128 valence electrons. The summed E-state index contributed by atoms with van der Waals surface area (Å²) in [6, 6.07) is 9.89. The molecule has 0 bridgehead atoms. The minimum atomic E-state index is 0.563. The Labute approximate surface area is 148 Å². The van der Waals surface area contributed by atoms with Gasteiger partial charge in [-0.15, -0.1) is 0 Å². The zero-order valence-electron chi connectivity index (χ0n) is 14.5. The summed E-state index contributed by atoms with van der Waals surface area (Å²) in [6.45, 7) is 4.71. The first-order valence-electron chi connectivity index (χ1n) is 7.73. The Morgan fingerprint density at radius 3 is 2.50 bits per heavy atom. The average Bonchev–Trinajstić information content (AvgIpc) is 2.53. The van der Waals surface area contributed by atoms with E-state index in [0.29, 0.717) is 11.7 Å². The Morgan fingerprint density at radius 1 is 1.08 bits per heavy atom. The fourth-order valence-corrected chi connectivity index (χ4v) is 2.63. The molecule has 5 nitrogen and oxygen atoms in total. The van der Waals surface area contributed by atoms with Crippen LogP contribution in [0.25, 0.3) is 0 Å². The van der Waals surface area contributed by atoms with E-state index < -0.39 is 0 Å². The van der Waals surface area contributed by atoms with E-state index in [1.54, 1.807) is 14.2 Å². The van der Waals surface area contributed by atoms with Gasteiger partial charge in [0.25, 0.3) is 0 Å². The quantitative estimate of drug-likeness (QED) is 0.784. The van der Waals surface area contributed by atoms with E-state index >= 15 is 0 Å². The summed E-state index contributed by atoms with van der Waals surface area (Å²) in [7, 11) is 3.26. The topological polar surface area (TPSA) is 55.4 Å². The second kappa shape index (κ2) is 8.49. The monoisotopic (exact) mass is 345 g/mol. The van der Waals surface area contributed by atoms with Crippen molar-refractivity contribution in [2.75, 3.05) is 26.1 Å². The van der Waals surface area contributed by atoms with Gasteiger partial charge in [-0.3, -0.25) is 0 Å². The SMILES string of the molecule is COc1ccc(CCNC(=S)Nc2cc(C)cc(C)n2)cc1OC. The minimum Gasteiger partial charge on any atom is -0.493 e. The van der Waals surface area contributed by atoms with Gasteiger partial charge in [0.2, 0.25) is 0 Å². The second-order valence-corrected chi connectivity index (χ2v) is 5.90. The molecule has 0 amide bonds. The molecule has 0 saturated carbocycles. The van der Waals surface area contributed by atoms with Gasteiger partial charge in [0.1, 0.15) is 5.82 Å². The minimum absolute atomic E-state index is 0.563. The number of thiocarbonyl (C=S) groups is 1. The highest BCUT2D eigenvalue weighted by Gasteiger charge is 2.05. The lowest BCUT2D eigenvalue weighted by Crippen LogP contribution is -2.30. The molecule has 0 fully saturated rings. The first kappa shape index (κ1) is 18.0. The van der Waals surface area contributed by atoms with Crippen molar-refractivity contribution in [1.82, 2.24) is 10.3 Å². The van der Waals surface area contributed by atoms with Crippen LogP contribution < -0.4 is 20.1 Å². The van der Waals surface area contributed by atoms with Crippen molar-refractivity contribution in [3.8, 4) is 11.5 Å². The van der Waals surface area contributed by atoms with Crippen molar-refractivity contribution in [1.29, 1.82) is 0 Å². The fraction of sp³-hybridized carbons (Fsp3) is 0.333. The Bertz CT molecular complexity index is 699. The number of hydrogen-bond donors (Lipinski definition) is 2. The third-order valence-corrected chi connectivity index (χ3v) is 3.73. The molecule has 6 heteroatoms. The van der Waals surface area contributed by atoms with E-state index in [1.165, 1.54) is 0 Å². The number of hydrogen-bond acceptors (Lipinski definition) is 4. The number of nitrogens with zero attached hydrogens (tertiary/aromatic N) is 1. The van der Waals surface area contributed by atoms with E-state index in [0.717, 1.165) is 40.6 Å². The number of anilines is 1. The number of pyridine rings is 1. The summed E-state index contributed by atoms with van der Waals surface area (Å²) in [5.41, 5.74) is 3.26. The Hall–Kier alpha value is -2.34. The Balaban J connectivity index is 1.86. The molecule has 2 rings (SSSR count). The standard InChI is InChI=1S/C18H23N3O2S/c1-12-9-13(2)20-17(10-12)21-18(24)19-8-7-14-5-6-15(22-3)16(11-14)23-4/h5-6,9-11H,7-8H2,1-4H3,(H2,19,20,21,24). The van der Waals surface area contributed by atoms with Crippen molar-refractivity contribution >= 4 is 23.1 Å². The van der Waals surface area contributed by atoms with E-state index in [-0.39, 0.29) is 0 Å². The lowest BCUT2D eigenvalue weighted by Gasteiger charge is -2.12. The molecule has 2 N–H and O–H groups in total. The normalized spacial score (nSPS) is 10.2. The van der Waals surface area contributed by atoms with Gasteiger partial charge < -0.3 is 20.1 Å². The number of methoxy groups -OCH3 is 2. The summed E-state index contributed by atoms with van der Waals surface area (Å²) in [5.74, 6) is 2.22. The van der Waals surface area contributed by atoms with Crippen molar-refractivity contribution in [3.05, 3.63) is 47.2 Å². The van der Waals surface area contributed by atoms with Gasteiger partial charge in [0.15, 0.2) is 16.6 Å². The smallest absolute Gasteiger partial charge is 0.171 e. The van der Waals surface area contributed by atoms with E-state index in [2.05, 4.69) is 15.6 Å². The van der Waals surface area contributed by atoms with E-state index in [4.69, 9.17) is 21.7 Å². The van der Waals surface area contributed by atoms with Crippen LogP contribution in [0.4, 0.5) is 5.82 Å². The molecule has 0 aliphatic rings. The molecule has 0 radical (unpaired) electrons. The lowest BCUT2D eigenvalue weighted by atomic mass is 10.1. The molecular weight excluding hydrogens is 322 g/mol. The van der Waals surface area contributed by atoms with Crippen LogP contribution in [0.1, 0.15) is 16.8 Å². The third-order valence-electron chi connectivity index (χ3n) is 3.49. The summed E-state index contributed by atoms with van der Waals surface area (Å²) < 4.78 is 10.6. The molecule has 0 aliphatic heterocycles. The van der Waals surface area contributed by atoms with Gasteiger partial charge in [0, 0.05) is 12.2 Å². The summed E-state index contributed by atoms with van der Waals surface area (Å²) in [5, 5.41) is 6.87. The molecule has 1 heterocycles. The van der Waals surface area contributed by atoms with Gasteiger partial charge in [-0.1, -0.05) is 6.07 Å². The molecule has 2 aromatic rings. The van der Waals surface area contributed by atoms with Crippen molar-refractivity contribution < 1.29 is 9.47 Å². The molecule has 0 atom stereocenters. The Morgan fingerprint density at radius 2 is 1.83 bits per heavy atom. The maximum absolute atomic E-state index is 5.32. The highest BCUT2D eigenvalue weighted by molar-refractivity contribution is 7.80. The highest BCUT2D eigenvalue weighted by atomic mass is 32.1. The second-order valence-electron chi connectivity index (χ2n) is 5.49. The van der Waals surface area contributed by atoms with Gasteiger partial charge in [-0.2, -0.15) is 0 Å². The molecule has 24 heavy (non-hydrogen) atoms. The van der Waals surface area contributed by atoms with Crippen molar-refractivity contribution in [2.45, 2.75) is 20.3 Å². The average molecular weight is 345 g/mol. The maximum atomic E-state index is 5.32. The molecule has 0 unspecified atom stereocenters. The van der Waals surface area contributed by atoms with Crippen LogP contribution in [0.3, 0.4) is 0 Å². The molecule has 1 aromatic heterocycles. The third kappa shape index (κ3) is 5.09. The number of aryl methyl sites for hydroxylation is 2. The largest absolute Gasteiger partial charge is 0.493 e. The number of rotatable bonds is 6.